The zero-order valence-corrected chi connectivity index (χ0v) is 20.1. The van der Waals surface area contributed by atoms with Gasteiger partial charge in [-0.25, -0.2) is 4.98 Å². The molecule has 0 bridgehead atoms. The van der Waals surface area contributed by atoms with Crippen LogP contribution in [0.5, 0.6) is 0 Å². The quantitative estimate of drug-likeness (QED) is 0.255. The number of rotatable bonds is 7. The van der Waals surface area contributed by atoms with E-state index in [2.05, 4.69) is 16.0 Å². The van der Waals surface area contributed by atoms with Crippen LogP contribution in [0.25, 0.3) is 10.9 Å². The Balaban J connectivity index is 1.25. The van der Waals surface area contributed by atoms with Gasteiger partial charge in [0.2, 0.25) is 5.95 Å². The molecule has 3 aromatic rings. The Bertz CT molecular complexity index is 1160. The van der Waals surface area contributed by atoms with Crippen molar-refractivity contribution in [2.45, 2.75) is 31.7 Å². The molecule has 34 heavy (non-hydrogen) atoms. The van der Waals surface area contributed by atoms with Crippen LogP contribution < -0.4 is 20.9 Å². The fourth-order valence-electron chi connectivity index (χ4n) is 4.24. The summed E-state index contributed by atoms with van der Waals surface area (Å²) in [5, 5.41) is 22.2. The normalized spacial score (nSPS) is 17.7. The molecule has 0 radical (unpaired) electrons. The molecule has 0 saturated heterocycles. The lowest BCUT2D eigenvalue weighted by molar-refractivity contribution is -0.384. The average Bonchev–Trinajstić information content (AvgIpc) is 2.83. The van der Waals surface area contributed by atoms with Gasteiger partial charge in [-0.1, -0.05) is 12.1 Å². The summed E-state index contributed by atoms with van der Waals surface area (Å²) in [6.45, 7) is 0.794. The number of nitrogens with one attached hydrogen (secondary N) is 3. The van der Waals surface area contributed by atoms with Gasteiger partial charge >= 0.3 is 0 Å². The molecule has 4 rings (SSSR count). The molecule has 3 N–H and O–H groups in total. The van der Waals surface area contributed by atoms with Crippen LogP contribution >= 0.6 is 12.2 Å². The molecule has 2 aromatic carbocycles. The first kappa shape index (κ1) is 23.6. The van der Waals surface area contributed by atoms with Crippen molar-refractivity contribution in [3.8, 4) is 0 Å². The van der Waals surface area contributed by atoms with Crippen molar-refractivity contribution < 1.29 is 4.92 Å². The molecule has 0 spiro atoms. The van der Waals surface area contributed by atoms with E-state index in [9.17, 15) is 10.1 Å². The smallest absolute Gasteiger partial charge is 0.269 e. The Kier molecular flexibility index (Phi) is 7.36. The summed E-state index contributed by atoms with van der Waals surface area (Å²) in [5.41, 5.74) is 1.72. The number of benzene rings is 2. The first-order valence-corrected chi connectivity index (χ1v) is 11.8. The van der Waals surface area contributed by atoms with Crippen molar-refractivity contribution >= 4 is 51.4 Å². The van der Waals surface area contributed by atoms with Gasteiger partial charge in [0.1, 0.15) is 5.82 Å². The second kappa shape index (κ2) is 10.6. The maximum Gasteiger partial charge on any atom is 0.269 e. The van der Waals surface area contributed by atoms with Gasteiger partial charge in [-0.05, 0) is 68.1 Å². The summed E-state index contributed by atoms with van der Waals surface area (Å²) in [6.07, 6.45) is 4.25. The summed E-state index contributed by atoms with van der Waals surface area (Å²) >= 11 is 5.38. The first-order valence-electron chi connectivity index (χ1n) is 11.4. The van der Waals surface area contributed by atoms with Gasteiger partial charge in [-0.15, -0.1) is 0 Å². The summed E-state index contributed by atoms with van der Waals surface area (Å²) < 4.78 is 0. The topological polar surface area (TPSA) is 108 Å². The zero-order valence-electron chi connectivity index (χ0n) is 19.3. The average molecular weight is 480 g/mol. The van der Waals surface area contributed by atoms with Crippen molar-refractivity contribution in [2.24, 2.45) is 5.92 Å². The standard InChI is InChI=1S/C24H29N7O2S/c1-30(2)22-20-5-3-4-6-21(20)28-23(29-22)26-17-9-7-16(8-10-17)15-25-24(34)27-18-11-13-19(14-12-18)31(32)33/h3-6,11-14,16-17H,7-10,15H2,1-2H3,(H2,25,27,34)(H,26,28,29)/t16-,17+. The zero-order chi connectivity index (χ0) is 24.1. The number of anilines is 3. The molecule has 178 valence electrons. The fourth-order valence-corrected chi connectivity index (χ4v) is 4.44. The predicted octanol–water partition coefficient (Wildman–Crippen LogP) is 4.56. The molecule has 1 aliphatic rings. The first-order chi connectivity index (χ1) is 16.4. The number of nitro benzene ring substituents is 1. The van der Waals surface area contributed by atoms with Gasteiger partial charge in [0.05, 0.1) is 10.4 Å². The third-order valence-electron chi connectivity index (χ3n) is 6.07. The number of non-ortho nitro benzene ring substituents is 1. The van der Waals surface area contributed by atoms with Crippen LogP contribution in [0.15, 0.2) is 48.5 Å². The largest absolute Gasteiger partial charge is 0.362 e. The van der Waals surface area contributed by atoms with E-state index >= 15 is 0 Å². The lowest BCUT2D eigenvalue weighted by Gasteiger charge is -2.29. The number of nitrogens with zero attached hydrogens (tertiary/aromatic N) is 4. The number of aromatic nitrogens is 2. The third kappa shape index (κ3) is 5.88. The van der Waals surface area contributed by atoms with E-state index in [0.717, 1.165) is 54.6 Å². The molecule has 1 fully saturated rings. The monoisotopic (exact) mass is 479 g/mol. The van der Waals surface area contributed by atoms with Crippen LogP contribution in [-0.2, 0) is 0 Å². The van der Waals surface area contributed by atoms with E-state index in [-0.39, 0.29) is 5.69 Å². The van der Waals surface area contributed by atoms with Crippen LogP contribution in [-0.4, -0.2) is 46.7 Å². The van der Waals surface area contributed by atoms with Crippen molar-refractivity contribution in [3.63, 3.8) is 0 Å². The Morgan fingerprint density at radius 3 is 2.47 bits per heavy atom. The lowest BCUT2D eigenvalue weighted by Crippen LogP contribution is -2.36. The Morgan fingerprint density at radius 2 is 1.79 bits per heavy atom. The van der Waals surface area contributed by atoms with Crippen molar-refractivity contribution in [2.75, 3.05) is 36.2 Å². The van der Waals surface area contributed by atoms with E-state index in [1.54, 1.807) is 12.1 Å². The van der Waals surface area contributed by atoms with Gasteiger partial charge in [-0.3, -0.25) is 10.1 Å². The fraction of sp³-hybridized carbons (Fsp3) is 0.375. The van der Waals surface area contributed by atoms with E-state index in [0.29, 0.717) is 23.0 Å². The van der Waals surface area contributed by atoms with Crippen molar-refractivity contribution in [1.29, 1.82) is 0 Å². The molecule has 9 nitrogen and oxygen atoms in total. The molecule has 0 unspecified atom stereocenters. The SMILES string of the molecule is CN(C)c1nc(N[C@H]2CC[C@@H](CNC(=S)Nc3ccc([N+](=O)[O-])cc3)CC2)nc2ccccc12. The number of para-hydroxylation sites is 1. The molecule has 1 aromatic heterocycles. The molecular weight excluding hydrogens is 450 g/mol. The maximum absolute atomic E-state index is 10.8. The van der Waals surface area contributed by atoms with Gasteiger partial charge in [0.25, 0.3) is 5.69 Å². The minimum Gasteiger partial charge on any atom is -0.362 e. The van der Waals surface area contributed by atoms with Gasteiger partial charge in [-0.2, -0.15) is 4.98 Å². The number of hydrogen-bond acceptors (Lipinski definition) is 7. The Hall–Kier alpha value is -3.53. The minimum atomic E-state index is -0.418. The predicted molar refractivity (Wildman–Crippen MR) is 141 cm³/mol. The maximum atomic E-state index is 10.8. The van der Waals surface area contributed by atoms with E-state index < -0.39 is 4.92 Å². The molecule has 1 aliphatic carbocycles. The Morgan fingerprint density at radius 1 is 1.09 bits per heavy atom. The summed E-state index contributed by atoms with van der Waals surface area (Å²) in [4.78, 5) is 21.8. The van der Waals surface area contributed by atoms with Gasteiger partial charge < -0.3 is 20.9 Å². The van der Waals surface area contributed by atoms with Crippen LogP contribution in [0.2, 0.25) is 0 Å². The van der Waals surface area contributed by atoms with Crippen molar-refractivity contribution in [3.05, 3.63) is 58.6 Å². The highest BCUT2D eigenvalue weighted by atomic mass is 32.1. The molecule has 0 atom stereocenters. The number of nitro groups is 1. The lowest BCUT2D eigenvalue weighted by atomic mass is 9.86. The van der Waals surface area contributed by atoms with E-state index in [1.807, 2.05) is 43.3 Å². The summed E-state index contributed by atoms with van der Waals surface area (Å²) in [5.74, 6) is 2.13. The molecule has 1 heterocycles. The second-order valence-electron chi connectivity index (χ2n) is 8.78. The van der Waals surface area contributed by atoms with Crippen LogP contribution in [0, 0.1) is 16.0 Å². The van der Waals surface area contributed by atoms with Crippen molar-refractivity contribution in [1.82, 2.24) is 15.3 Å². The Labute approximate surface area is 204 Å². The third-order valence-corrected chi connectivity index (χ3v) is 6.32. The molecule has 0 aliphatic heterocycles. The van der Waals surface area contributed by atoms with Gasteiger partial charge in [0, 0.05) is 49.9 Å². The highest BCUT2D eigenvalue weighted by Gasteiger charge is 2.22. The number of fused-ring (bicyclic) bond motifs is 1. The molecule has 1 saturated carbocycles. The second-order valence-corrected chi connectivity index (χ2v) is 9.19. The van der Waals surface area contributed by atoms with Gasteiger partial charge in [0.15, 0.2) is 5.11 Å². The minimum absolute atomic E-state index is 0.0572. The van der Waals surface area contributed by atoms with Crippen LogP contribution in [0.4, 0.5) is 23.1 Å². The van der Waals surface area contributed by atoms with E-state index in [1.165, 1.54) is 12.1 Å². The number of thiocarbonyl (C=S) groups is 1. The molecule has 0 amide bonds. The molecular formula is C24H29N7O2S. The summed E-state index contributed by atoms with van der Waals surface area (Å²) in [7, 11) is 4.00. The molecule has 10 heteroatoms. The van der Waals surface area contributed by atoms with Crippen LogP contribution in [0.1, 0.15) is 25.7 Å². The highest BCUT2D eigenvalue weighted by molar-refractivity contribution is 7.80. The highest BCUT2D eigenvalue weighted by Crippen LogP contribution is 2.28. The van der Waals surface area contributed by atoms with Crippen LogP contribution in [0.3, 0.4) is 0 Å². The number of hydrogen-bond donors (Lipinski definition) is 3. The van der Waals surface area contributed by atoms with E-state index in [4.69, 9.17) is 22.2 Å². The summed E-state index contributed by atoms with van der Waals surface area (Å²) in [6, 6.07) is 14.6.